The Bertz CT molecular complexity index is 667. The number of rotatable bonds is 4. The molecule has 4 N–H and O–H groups in total. The molecule has 4 heteroatoms. The molecule has 0 atom stereocenters. The van der Waals surface area contributed by atoms with Crippen LogP contribution in [0.1, 0.15) is 46.4 Å². The summed E-state index contributed by atoms with van der Waals surface area (Å²) in [6, 6.07) is 18.1. The van der Waals surface area contributed by atoms with Gasteiger partial charge in [-0.15, -0.1) is 0 Å². The molecule has 124 valence electrons. The summed E-state index contributed by atoms with van der Waals surface area (Å²) < 4.78 is 0. The zero-order valence-electron chi connectivity index (χ0n) is 13.6. The molecule has 24 heavy (non-hydrogen) atoms. The monoisotopic (exact) mass is 322 g/mol. The Morgan fingerprint density at radius 3 is 1.21 bits per heavy atom. The van der Waals surface area contributed by atoms with Gasteiger partial charge in [0.15, 0.2) is 11.6 Å². The van der Waals surface area contributed by atoms with Gasteiger partial charge in [-0.05, 0) is 25.7 Å². The van der Waals surface area contributed by atoms with Crippen molar-refractivity contribution in [2.24, 2.45) is 11.5 Å². The second kappa shape index (κ2) is 6.30. The first-order valence-electron chi connectivity index (χ1n) is 8.22. The third-order valence-electron chi connectivity index (χ3n) is 5.01. The third kappa shape index (κ3) is 3.03. The fraction of sp³-hybridized carbons (Fsp3) is 0.300. The lowest BCUT2D eigenvalue weighted by Gasteiger charge is -2.41. The third-order valence-corrected chi connectivity index (χ3v) is 5.01. The Balaban J connectivity index is 1.75. The smallest absolute Gasteiger partial charge is 0.182 e. The van der Waals surface area contributed by atoms with Crippen molar-refractivity contribution in [3.8, 4) is 0 Å². The van der Waals surface area contributed by atoms with Crippen LogP contribution in [0.15, 0.2) is 60.7 Å². The van der Waals surface area contributed by atoms with Gasteiger partial charge in [0.2, 0.25) is 0 Å². The van der Waals surface area contributed by atoms with Gasteiger partial charge in [-0.3, -0.25) is 9.59 Å². The first kappa shape index (κ1) is 16.6. The van der Waals surface area contributed by atoms with Gasteiger partial charge in [0.05, 0.1) is 11.1 Å². The summed E-state index contributed by atoms with van der Waals surface area (Å²) in [5.41, 5.74) is 12.1. The fourth-order valence-corrected chi connectivity index (χ4v) is 3.35. The van der Waals surface area contributed by atoms with Crippen molar-refractivity contribution in [1.82, 2.24) is 0 Å². The van der Waals surface area contributed by atoms with Crippen LogP contribution in [0.5, 0.6) is 0 Å². The van der Waals surface area contributed by atoms with E-state index < -0.39 is 11.1 Å². The van der Waals surface area contributed by atoms with Crippen molar-refractivity contribution in [2.75, 3.05) is 0 Å². The van der Waals surface area contributed by atoms with E-state index >= 15 is 0 Å². The number of hydrogen-bond acceptors (Lipinski definition) is 4. The lowest BCUT2D eigenvalue weighted by Crippen LogP contribution is -2.59. The van der Waals surface area contributed by atoms with Crippen LogP contribution in [0, 0.1) is 0 Å². The van der Waals surface area contributed by atoms with E-state index in [-0.39, 0.29) is 11.6 Å². The molecule has 0 aliphatic heterocycles. The lowest BCUT2D eigenvalue weighted by molar-refractivity contribution is 0.0723. The molecule has 0 radical (unpaired) electrons. The van der Waals surface area contributed by atoms with Crippen LogP contribution in [0.2, 0.25) is 0 Å². The molecule has 0 unspecified atom stereocenters. The van der Waals surface area contributed by atoms with Crippen molar-refractivity contribution in [3.05, 3.63) is 71.8 Å². The van der Waals surface area contributed by atoms with E-state index in [1.54, 1.807) is 24.3 Å². The molecule has 1 aliphatic rings. The van der Waals surface area contributed by atoms with E-state index in [0.717, 1.165) is 0 Å². The molecule has 0 bridgehead atoms. The molecule has 0 saturated heterocycles. The SMILES string of the molecule is NC1(C(=O)c2ccccc2)CCC(N)(C(=O)c2ccccc2)CC1. The van der Waals surface area contributed by atoms with Crippen LogP contribution in [0.25, 0.3) is 0 Å². The first-order valence-corrected chi connectivity index (χ1v) is 8.22. The van der Waals surface area contributed by atoms with Crippen LogP contribution >= 0.6 is 0 Å². The summed E-state index contributed by atoms with van der Waals surface area (Å²) in [5.74, 6) is -0.144. The highest BCUT2D eigenvalue weighted by Gasteiger charge is 2.46. The predicted molar refractivity (Wildman–Crippen MR) is 93.8 cm³/mol. The van der Waals surface area contributed by atoms with E-state index in [2.05, 4.69) is 0 Å². The number of carbonyl (C=O) groups excluding carboxylic acids is 2. The largest absolute Gasteiger partial charge is 0.319 e. The molecule has 0 spiro atoms. The van der Waals surface area contributed by atoms with Gasteiger partial charge in [0, 0.05) is 11.1 Å². The number of Topliss-reactive ketones (excluding diaryl/α,β-unsaturated/α-hetero) is 2. The van der Waals surface area contributed by atoms with E-state index in [9.17, 15) is 9.59 Å². The van der Waals surface area contributed by atoms with Crippen molar-refractivity contribution in [2.45, 2.75) is 36.8 Å². The van der Waals surface area contributed by atoms with Gasteiger partial charge in [-0.2, -0.15) is 0 Å². The molecule has 4 nitrogen and oxygen atoms in total. The topological polar surface area (TPSA) is 86.2 Å². The second-order valence-electron chi connectivity index (χ2n) is 6.70. The number of nitrogens with two attached hydrogens (primary N) is 2. The molecule has 2 aromatic carbocycles. The predicted octanol–water partition coefficient (Wildman–Crippen LogP) is 2.72. The highest BCUT2D eigenvalue weighted by atomic mass is 16.1. The molecule has 1 fully saturated rings. The molecule has 0 aromatic heterocycles. The number of ketones is 2. The number of hydrogen-bond donors (Lipinski definition) is 2. The Morgan fingerprint density at radius 2 is 0.917 bits per heavy atom. The molecule has 1 saturated carbocycles. The highest BCUT2D eigenvalue weighted by Crippen LogP contribution is 2.36. The van der Waals surface area contributed by atoms with E-state index in [1.165, 1.54) is 0 Å². The van der Waals surface area contributed by atoms with Gasteiger partial charge in [-0.25, -0.2) is 0 Å². The summed E-state index contributed by atoms with van der Waals surface area (Å²) in [4.78, 5) is 25.4. The fourth-order valence-electron chi connectivity index (χ4n) is 3.35. The maximum absolute atomic E-state index is 12.7. The van der Waals surface area contributed by atoms with Crippen molar-refractivity contribution in [3.63, 3.8) is 0 Å². The average Bonchev–Trinajstić information content (AvgIpc) is 2.64. The van der Waals surface area contributed by atoms with Crippen LogP contribution in [-0.4, -0.2) is 22.6 Å². The molecular formula is C20H22N2O2. The Kier molecular flexibility index (Phi) is 4.35. The molecule has 0 amide bonds. The van der Waals surface area contributed by atoms with Gasteiger partial charge in [-0.1, -0.05) is 60.7 Å². The van der Waals surface area contributed by atoms with Crippen molar-refractivity contribution in [1.29, 1.82) is 0 Å². The van der Waals surface area contributed by atoms with Gasteiger partial charge >= 0.3 is 0 Å². The van der Waals surface area contributed by atoms with E-state index in [4.69, 9.17) is 11.5 Å². The Morgan fingerprint density at radius 1 is 0.625 bits per heavy atom. The molecule has 1 aliphatic carbocycles. The van der Waals surface area contributed by atoms with Crippen LogP contribution in [0.4, 0.5) is 0 Å². The standard InChI is InChI=1S/C20H22N2O2/c21-19(17(23)15-7-3-1-4-8-15)11-13-20(22,14-12-19)18(24)16-9-5-2-6-10-16/h1-10H,11-14,21-22H2. The van der Waals surface area contributed by atoms with Gasteiger partial charge < -0.3 is 11.5 Å². The molecular weight excluding hydrogens is 300 g/mol. The first-order chi connectivity index (χ1) is 11.4. The summed E-state index contributed by atoms with van der Waals surface area (Å²) in [6.45, 7) is 0. The van der Waals surface area contributed by atoms with E-state index in [0.29, 0.717) is 36.8 Å². The van der Waals surface area contributed by atoms with Crippen molar-refractivity contribution >= 4 is 11.6 Å². The lowest BCUT2D eigenvalue weighted by atomic mass is 9.68. The molecule has 2 aromatic rings. The normalized spacial score (nSPS) is 26.8. The quantitative estimate of drug-likeness (QED) is 0.847. The zero-order valence-corrected chi connectivity index (χ0v) is 13.6. The molecule has 3 rings (SSSR count). The Labute approximate surface area is 141 Å². The van der Waals surface area contributed by atoms with Gasteiger partial charge in [0.1, 0.15) is 0 Å². The highest BCUT2D eigenvalue weighted by molar-refractivity contribution is 6.05. The average molecular weight is 322 g/mol. The van der Waals surface area contributed by atoms with Gasteiger partial charge in [0.25, 0.3) is 0 Å². The second-order valence-corrected chi connectivity index (χ2v) is 6.70. The number of carbonyl (C=O) groups is 2. The molecule has 0 heterocycles. The van der Waals surface area contributed by atoms with E-state index in [1.807, 2.05) is 36.4 Å². The minimum Gasteiger partial charge on any atom is -0.319 e. The summed E-state index contributed by atoms with van der Waals surface area (Å²) in [6.07, 6.45) is 1.65. The van der Waals surface area contributed by atoms with Crippen LogP contribution < -0.4 is 11.5 Å². The summed E-state index contributed by atoms with van der Waals surface area (Å²) >= 11 is 0. The summed E-state index contributed by atoms with van der Waals surface area (Å²) in [7, 11) is 0. The van der Waals surface area contributed by atoms with Crippen molar-refractivity contribution < 1.29 is 9.59 Å². The van der Waals surface area contributed by atoms with Crippen LogP contribution in [-0.2, 0) is 0 Å². The summed E-state index contributed by atoms with van der Waals surface area (Å²) in [5, 5.41) is 0. The minimum absolute atomic E-state index is 0.0719. The Hall–Kier alpha value is -2.30. The minimum atomic E-state index is -0.943. The zero-order chi connectivity index (χ0) is 17.2. The number of benzene rings is 2. The van der Waals surface area contributed by atoms with Crippen LogP contribution in [0.3, 0.4) is 0 Å². The maximum Gasteiger partial charge on any atom is 0.182 e. The maximum atomic E-state index is 12.7.